The van der Waals surface area contributed by atoms with Gasteiger partial charge in [-0.05, 0) is 93.8 Å². The van der Waals surface area contributed by atoms with Crippen molar-refractivity contribution in [2.45, 2.75) is 0 Å². The number of anilines is 6. The molecule has 5 nitrogen and oxygen atoms in total. The maximum Gasteiger partial charge on any atom is 0.195 e. The first kappa shape index (κ1) is 23.1. The van der Waals surface area contributed by atoms with Gasteiger partial charge in [0.15, 0.2) is 5.13 Å². The molecule has 7 aromatic rings. The van der Waals surface area contributed by atoms with Crippen LogP contribution in [0.5, 0.6) is 0 Å². The summed E-state index contributed by atoms with van der Waals surface area (Å²) >= 11 is 1.68. The van der Waals surface area contributed by atoms with E-state index in [0.717, 1.165) is 76.5 Å². The molecule has 0 saturated carbocycles. The zero-order valence-electron chi connectivity index (χ0n) is 21.0. The van der Waals surface area contributed by atoms with Crippen LogP contribution in [0.15, 0.2) is 115 Å². The van der Waals surface area contributed by atoms with Gasteiger partial charge in [0, 0.05) is 34.0 Å². The molecule has 0 aliphatic rings. The summed E-state index contributed by atoms with van der Waals surface area (Å²) in [6.45, 7) is 0. The molecular formula is C33H25N5S. The molecular weight excluding hydrogens is 498 g/mol. The van der Waals surface area contributed by atoms with E-state index in [-0.39, 0.29) is 0 Å². The number of rotatable bonds is 4. The highest BCUT2D eigenvalue weighted by molar-refractivity contribution is 7.22. The van der Waals surface area contributed by atoms with Crippen LogP contribution in [0.1, 0.15) is 0 Å². The standard InChI is InChI=1S/C33H25N5S/c34-25-10-4-20(5-11-25)30-2-1-3-31-32(30)39-33(37-31)38(28-14-8-21-16-26(35)12-6-23(21)18-28)29-15-9-22-17-27(36)13-7-24(22)19-29/h1-19H,34-36H2. The molecule has 7 rings (SSSR count). The lowest BCUT2D eigenvalue weighted by molar-refractivity contribution is 1.26. The van der Waals surface area contributed by atoms with Gasteiger partial charge in [-0.1, -0.05) is 59.9 Å². The maximum atomic E-state index is 6.05. The van der Waals surface area contributed by atoms with E-state index in [4.69, 9.17) is 22.2 Å². The third kappa shape index (κ3) is 4.17. The van der Waals surface area contributed by atoms with E-state index in [1.165, 1.54) is 0 Å². The van der Waals surface area contributed by atoms with Crippen molar-refractivity contribution in [3.8, 4) is 11.1 Å². The zero-order chi connectivity index (χ0) is 26.5. The predicted molar refractivity (Wildman–Crippen MR) is 168 cm³/mol. The number of nitrogen functional groups attached to an aromatic ring is 3. The summed E-state index contributed by atoms with van der Waals surface area (Å²) in [5.41, 5.74) is 25.6. The number of benzene rings is 6. The molecule has 0 amide bonds. The van der Waals surface area contributed by atoms with Crippen LogP contribution in [0.3, 0.4) is 0 Å². The fourth-order valence-corrected chi connectivity index (χ4v) is 6.22. The highest BCUT2D eigenvalue weighted by Crippen LogP contribution is 2.43. The summed E-state index contributed by atoms with van der Waals surface area (Å²) in [6, 6.07) is 39.1. The third-order valence-electron chi connectivity index (χ3n) is 7.03. The molecule has 1 heterocycles. The molecule has 0 fully saturated rings. The van der Waals surface area contributed by atoms with Gasteiger partial charge < -0.3 is 17.2 Å². The maximum absolute atomic E-state index is 6.05. The average molecular weight is 524 g/mol. The van der Waals surface area contributed by atoms with Crippen LogP contribution in [-0.2, 0) is 0 Å². The molecule has 0 unspecified atom stereocenters. The molecule has 6 N–H and O–H groups in total. The number of thiazole rings is 1. The summed E-state index contributed by atoms with van der Waals surface area (Å²) in [4.78, 5) is 7.36. The third-order valence-corrected chi connectivity index (χ3v) is 8.12. The Balaban J connectivity index is 1.44. The van der Waals surface area contributed by atoms with Gasteiger partial charge in [-0.3, -0.25) is 4.90 Å². The summed E-state index contributed by atoms with van der Waals surface area (Å²) in [5, 5.41) is 5.32. The van der Waals surface area contributed by atoms with Gasteiger partial charge in [0.25, 0.3) is 0 Å². The van der Waals surface area contributed by atoms with E-state index < -0.39 is 0 Å². The van der Waals surface area contributed by atoms with Crippen LogP contribution in [0.4, 0.5) is 33.6 Å². The van der Waals surface area contributed by atoms with Crippen molar-refractivity contribution in [2.75, 3.05) is 22.1 Å². The monoisotopic (exact) mass is 523 g/mol. The van der Waals surface area contributed by atoms with Gasteiger partial charge >= 0.3 is 0 Å². The fraction of sp³-hybridized carbons (Fsp3) is 0. The lowest BCUT2D eigenvalue weighted by atomic mass is 10.1. The molecule has 6 aromatic carbocycles. The minimum absolute atomic E-state index is 0.748. The Hall–Kier alpha value is -5.07. The average Bonchev–Trinajstić information content (AvgIpc) is 3.37. The van der Waals surface area contributed by atoms with Crippen LogP contribution in [0.25, 0.3) is 42.9 Å². The number of nitrogens with two attached hydrogens (primary N) is 3. The SMILES string of the molecule is Nc1ccc(-c2cccc3nc(N(c4ccc5cc(N)ccc5c4)c4ccc5cc(N)ccc5c4)sc23)cc1. The quantitative estimate of drug-likeness (QED) is 0.201. The summed E-state index contributed by atoms with van der Waals surface area (Å²) in [6.07, 6.45) is 0. The van der Waals surface area contributed by atoms with E-state index in [9.17, 15) is 0 Å². The van der Waals surface area contributed by atoms with E-state index in [1.54, 1.807) is 11.3 Å². The van der Waals surface area contributed by atoms with Crippen molar-refractivity contribution < 1.29 is 0 Å². The molecule has 0 spiro atoms. The molecule has 0 radical (unpaired) electrons. The molecule has 0 atom stereocenters. The lowest BCUT2D eigenvalue weighted by Gasteiger charge is -2.23. The highest BCUT2D eigenvalue weighted by atomic mass is 32.1. The molecule has 0 bridgehead atoms. The molecule has 39 heavy (non-hydrogen) atoms. The van der Waals surface area contributed by atoms with Crippen molar-refractivity contribution in [3.05, 3.63) is 115 Å². The van der Waals surface area contributed by atoms with E-state index in [1.807, 2.05) is 36.4 Å². The van der Waals surface area contributed by atoms with Gasteiger partial charge in [0.05, 0.1) is 10.2 Å². The van der Waals surface area contributed by atoms with Gasteiger partial charge in [0.1, 0.15) is 0 Å². The molecule has 1 aromatic heterocycles. The largest absolute Gasteiger partial charge is 0.399 e. The Morgan fingerprint density at radius 3 is 1.69 bits per heavy atom. The second kappa shape index (κ2) is 9.04. The van der Waals surface area contributed by atoms with Gasteiger partial charge in [-0.2, -0.15) is 0 Å². The van der Waals surface area contributed by atoms with Crippen LogP contribution in [0.2, 0.25) is 0 Å². The first-order valence-electron chi connectivity index (χ1n) is 12.7. The van der Waals surface area contributed by atoms with Gasteiger partial charge in [-0.15, -0.1) is 0 Å². The van der Waals surface area contributed by atoms with E-state index >= 15 is 0 Å². The van der Waals surface area contributed by atoms with E-state index in [0.29, 0.717) is 0 Å². The van der Waals surface area contributed by atoms with Gasteiger partial charge in [0.2, 0.25) is 0 Å². The smallest absolute Gasteiger partial charge is 0.195 e. The summed E-state index contributed by atoms with van der Waals surface area (Å²) in [7, 11) is 0. The Morgan fingerprint density at radius 2 is 1.08 bits per heavy atom. The second-order valence-corrected chi connectivity index (χ2v) is 10.7. The summed E-state index contributed by atoms with van der Waals surface area (Å²) in [5.74, 6) is 0. The van der Waals surface area contributed by atoms with Crippen molar-refractivity contribution in [3.63, 3.8) is 0 Å². The topological polar surface area (TPSA) is 94.2 Å². The lowest BCUT2D eigenvalue weighted by Crippen LogP contribution is -2.09. The molecule has 0 saturated heterocycles. The Kier molecular flexibility index (Phi) is 5.35. The first-order chi connectivity index (χ1) is 19.0. The normalized spacial score (nSPS) is 11.4. The molecule has 188 valence electrons. The number of nitrogens with zero attached hydrogens (tertiary/aromatic N) is 2. The number of fused-ring (bicyclic) bond motifs is 3. The van der Waals surface area contributed by atoms with Crippen molar-refractivity contribution >= 4 is 76.7 Å². The van der Waals surface area contributed by atoms with Gasteiger partial charge in [-0.25, -0.2) is 4.98 Å². The van der Waals surface area contributed by atoms with Crippen molar-refractivity contribution in [2.24, 2.45) is 0 Å². The minimum atomic E-state index is 0.748. The number of aromatic nitrogens is 1. The van der Waals surface area contributed by atoms with Crippen LogP contribution in [-0.4, -0.2) is 4.98 Å². The number of hydrogen-bond acceptors (Lipinski definition) is 6. The fourth-order valence-electron chi connectivity index (χ4n) is 5.07. The van der Waals surface area contributed by atoms with Crippen molar-refractivity contribution in [1.82, 2.24) is 4.98 Å². The minimum Gasteiger partial charge on any atom is -0.399 e. The second-order valence-electron chi connectivity index (χ2n) is 9.69. The number of hydrogen-bond donors (Lipinski definition) is 3. The molecule has 0 aliphatic heterocycles. The Bertz CT molecular complexity index is 1920. The van der Waals surface area contributed by atoms with Crippen LogP contribution < -0.4 is 22.1 Å². The Morgan fingerprint density at radius 1 is 0.538 bits per heavy atom. The van der Waals surface area contributed by atoms with E-state index in [2.05, 4.69) is 83.8 Å². The molecule has 0 aliphatic carbocycles. The molecule has 6 heteroatoms. The summed E-state index contributed by atoms with van der Waals surface area (Å²) < 4.78 is 1.13. The Labute approximate surface area is 229 Å². The van der Waals surface area contributed by atoms with Crippen molar-refractivity contribution in [1.29, 1.82) is 0 Å². The predicted octanol–water partition coefficient (Wildman–Crippen LogP) is 8.49. The zero-order valence-corrected chi connectivity index (χ0v) is 21.8. The first-order valence-corrected chi connectivity index (χ1v) is 13.5. The highest BCUT2D eigenvalue weighted by Gasteiger charge is 2.19. The van der Waals surface area contributed by atoms with Crippen LogP contribution in [0, 0.1) is 0 Å². The van der Waals surface area contributed by atoms with Crippen LogP contribution >= 0.6 is 11.3 Å².